The van der Waals surface area contributed by atoms with E-state index in [9.17, 15) is 0 Å². The van der Waals surface area contributed by atoms with E-state index in [0.29, 0.717) is 0 Å². The average Bonchev–Trinajstić information content (AvgIpc) is 3.01. The van der Waals surface area contributed by atoms with Gasteiger partial charge in [-0.3, -0.25) is 4.99 Å². The Labute approximate surface area is 100 Å². The maximum absolute atomic E-state index is 4.61. The second-order valence-corrected chi connectivity index (χ2v) is 5.56. The normalized spacial score (nSPS) is 20.6. The summed E-state index contributed by atoms with van der Waals surface area (Å²) in [5.74, 6) is 2.04. The van der Waals surface area contributed by atoms with Crippen molar-refractivity contribution in [1.82, 2.24) is 4.98 Å². The van der Waals surface area contributed by atoms with Gasteiger partial charge in [-0.1, -0.05) is 0 Å². The quantitative estimate of drug-likeness (QED) is 0.874. The molecule has 1 aliphatic carbocycles. The maximum atomic E-state index is 4.61. The van der Waals surface area contributed by atoms with E-state index in [0.717, 1.165) is 29.9 Å². The van der Waals surface area contributed by atoms with Crippen LogP contribution in [0.15, 0.2) is 10.4 Å². The number of rotatable bonds is 3. The fourth-order valence-corrected chi connectivity index (χ4v) is 2.74. The molecule has 0 radical (unpaired) electrons. The second-order valence-electron chi connectivity index (χ2n) is 4.70. The zero-order valence-electron chi connectivity index (χ0n) is 9.41. The van der Waals surface area contributed by atoms with Crippen molar-refractivity contribution in [1.29, 1.82) is 0 Å². The molecule has 16 heavy (non-hydrogen) atoms. The summed E-state index contributed by atoms with van der Waals surface area (Å²) in [6, 6.07) is 0. The van der Waals surface area contributed by atoms with Crippen LogP contribution < -0.4 is 5.32 Å². The van der Waals surface area contributed by atoms with E-state index in [1.807, 2.05) is 0 Å². The number of aromatic nitrogens is 1. The summed E-state index contributed by atoms with van der Waals surface area (Å²) < 4.78 is 0. The largest absolute Gasteiger partial charge is 0.320 e. The summed E-state index contributed by atoms with van der Waals surface area (Å²) >= 11 is 1.71. The number of thiazole rings is 1. The first-order valence-electron chi connectivity index (χ1n) is 6.15. The molecule has 3 nitrogen and oxygen atoms in total. The van der Waals surface area contributed by atoms with E-state index >= 15 is 0 Å². The summed E-state index contributed by atoms with van der Waals surface area (Å²) in [6.45, 7) is 0.975. The highest BCUT2D eigenvalue weighted by molar-refractivity contribution is 7.13. The summed E-state index contributed by atoms with van der Waals surface area (Å²) in [5.41, 5.74) is 1.26. The zero-order valence-corrected chi connectivity index (χ0v) is 10.2. The first kappa shape index (κ1) is 10.3. The summed E-state index contributed by atoms with van der Waals surface area (Å²) in [6.07, 6.45) is 7.53. The molecule has 1 aromatic rings. The molecule has 0 amide bonds. The molecule has 86 valence electrons. The molecule has 0 unspecified atom stereocenters. The molecule has 0 aromatic carbocycles. The van der Waals surface area contributed by atoms with Crippen molar-refractivity contribution in [2.45, 2.75) is 38.5 Å². The third-order valence-electron chi connectivity index (χ3n) is 3.12. The Bertz CT molecular complexity index is 393. The van der Waals surface area contributed by atoms with Crippen LogP contribution in [0.1, 0.15) is 37.8 Å². The maximum Gasteiger partial charge on any atom is 0.188 e. The topological polar surface area (TPSA) is 37.3 Å². The number of amidine groups is 1. The Morgan fingerprint density at radius 2 is 2.31 bits per heavy atom. The molecule has 0 atom stereocenters. The van der Waals surface area contributed by atoms with Gasteiger partial charge in [0.05, 0.1) is 5.69 Å². The number of hydrogen-bond donors (Lipinski definition) is 1. The fraction of sp³-hybridized carbons (Fsp3) is 0.667. The van der Waals surface area contributed by atoms with Gasteiger partial charge >= 0.3 is 0 Å². The minimum absolute atomic E-state index is 0.918. The highest BCUT2D eigenvalue weighted by Gasteiger charge is 2.22. The lowest BCUT2D eigenvalue weighted by Gasteiger charge is -2.11. The Morgan fingerprint density at radius 3 is 3.06 bits per heavy atom. The van der Waals surface area contributed by atoms with Gasteiger partial charge in [0, 0.05) is 18.3 Å². The van der Waals surface area contributed by atoms with Crippen LogP contribution in [0.3, 0.4) is 0 Å². The van der Waals surface area contributed by atoms with E-state index in [4.69, 9.17) is 0 Å². The van der Waals surface area contributed by atoms with Crippen molar-refractivity contribution in [3.8, 4) is 0 Å². The predicted octanol–water partition coefficient (Wildman–Crippen LogP) is 3.09. The molecule has 3 rings (SSSR count). The first-order chi connectivity index (χ1) is 7.90. The van der Waals surface area contributed by atoms with Crippen LogP contribution in [0, 0.1) is 5.92 Å². The van der Waals surface area contributed by atoms with Crippen LogP contribution in [0.5, 0.6) is 0 Å². The standard InChI is InChI=1S/C12H17N3S/c1-2-6-13-11(3-1)15-12-14-10(8-16-12)7-9-4-5-9/h8-9H,1-7H2,(H,13,14,15). The minimum atomic E-state index is 0.918. The van der Waals surface area contributed by atoms with Crippen LogP contribution in [-0.2, 0) is 6.42 Å². The monoisotopic (exact) mass is 235 g/mol. The van der Waals surface area contributed by atoms with Crippen molar-refractivity contribution >= 4 is 22.3 Å². The molecule has 1 aliphatic heterocycles. The lowest BCUT2D eigenvalue weighted by Crippen LogP contribution is -2.15. The summed E-state index contributed by atoms with van der Waals surface area (Å²) in [4.78, 5) is 9.09. The van der Waals surface area contributed by atoms with Crippen LogP contribution in [0.4, 0.5) is 5.13 Å². The van der Waals surface area contributed by atoms with Crippen molar-refractivity contribution in [2.24, 2.45) is 10.9 Å². The molecule has 2 aliphatic rings. The number of aliphatic imine (C=N–C) groups is 1. The molecule has 0 saturated heterocycles. The number of nitrogens with one attached hydrogen (secondary N) is 1. The van der Waals surface area contributed by atoms with Crippen molar-refractivity contribution in [3.05, 3.63) is 11.1 Å². The van der Waals surface area contributed by atoms with Gasteiger partial charge in [-0.2, -0.15) is 0 Å². The number of hydrogen-bond acceptors (Lipinski definition) is 4. The molecule has 4 heteroatoms. The lowest BCUT2D eigenvalue weighted by molar-refractivity contribution is 0.736. The molecule has 1 saturated carbocycles. The molecular weight excluding hydrogens is 218 g/mol. The van der Waals surface area contributed by atoms with E-state index in [1.54, 1.807) is 11.3 Å². The predicted molar refractivity (Wildman–Crippen MR) is 68.3 cm³/mol. The summed E-state index contributed by atoms with van der Waals surface area (Å²) in [5, 5.41) is 6.56. The van der Waals surface area contributed by atoms with Crippen LogP contribution in [0.25, 0.3) is 0 Å². The van der Waals surface area contributed by atoms with Gasteiger partial charge in [0.2, 0.25) is 0 Å². The molecule has 1 fully saturated rings. The van der Waals surface area contributed by atoms with E-state index in [2.05, 4.69) is 20.7 Å². The molecule has 0 spiro atoms. The Kier molecular flexibility index (Phi) is 2.91. The van der Waals surface area contributed by atoms with E-state index in [1.165, 1.54) is 37.8 Å². The number of nitrogens with zero attached hydrogens (tertiary/aromatic N) is 2. The van der Waals surface area contributed by atoms with E-state index in [-0.39, 0.29) is 0 Å². The highest BCUT2D eigenvalue weighted by atomic mass is 32.1. The lowest BCUT2D eigenvalue weighted by atomic mass is 10.2. The zero-order chi connectivity index (χ0) is 10.8. The Hall–Kier alpha value is -0.900. The Morgan fingerprint density at radius 1 is 1.38 bits per heavy atom. The van der Waals surface area contributed by atoms with Crippen LogP contribution in [0.2, 0.25) is 0 Å². The third-order valence-corrected chi connectivity index (χ3v) is 3.93. The van der Waals surface area contributed by atoms with Gasteiger partial charge in [0.1, 0.15) is 5.84 Å². The van der Waals surface area contributed by atoms with Crippen LogP contribution in [-0.4, -0.2) is 17.4 Å². The molecular formula is C12H17N3S. The highest BCUT2D eigenvalue weighted by Crippen LogP contribution is 2.33. The first-order valence-corrected chi connectivity index (χ1v) is 7.03. The van der Waals surface area contributed by atoms with Gasteiger partial charge in [0.15, 0.2) is 5.13 Å². The van der Waals surface area contributed by atoms with Gasteiger partial charge in [-0.25, -0.2) is 4.98 Å². The van der Waals surface area contributed by atoms with Crippen molar-refractivity contribution in [2.75, 3.05) is 11.9 Å². The fourth-order valence-electron chi connectivity index (χ4n) is 2.00. The number of anilines is 1. The van der Waals surface area contributed by atoms with Gasteiger partial charge < -0.3 is 5.32 Å². The van der Waals surface area contributed by atoms with Gasteiger partial charge in [-0.15, -0.1) is 11.3 Å². The molecule has 2 heterocycles. The summed E-state index contributed by atoms with van der Waals surface area (Å²) in [7, 11) is 0. The third kappa shape index (κ3) is 2.61. The van der Waals surface area contributed by atoms with Gasteiger partial charge in [-0.05, 0) is 38.0 Å². The van der Waals surface area contributed by atoms with E-state index < -0.39 is 0 Å². The second kappa shape index (κ2) is 4.53. The van der Waals surface area contributed by atoms with Crippen molar-refractivity contribution in [3.63, 3.8) is 0 Å². The Balaban J connectivity index is 1.60. The molecule has 0 bridgehead atoms. The minimum Gasteiger partial charge on any atom is -0.320 e. The smallest absolute Gasteiger partial charge is 0.188 e. The van der Waals surface area contributed by atoms with Crippen molar-refractivity contribution < 1.29 is 0 Å². The molecule has 1 aromatic heterocycles. The average molecular weight is 235 g/mol. The SMILES string of the molecule is c1sc(NC2=NCCCC2)nc1CC1CC1. The van der Waals surface area contributed by atoms with Gasteiger partial charge in [0.25, 0.3) is 0 Å². The van der Waals surface area contributed by atoms with Crippen LogP contribution >= 0.6 is 11.3 Å². The molecule has 1 N–H and O–H groups in total.